The Labute approximate surface area is 138 Å². The van der Waals surface area contributed by atoms with Crippen molar-refractivity contribution < 1.29 is 5.11 Å². The van der Waals surface area contributed by atoms with Crippen LogP contribution in [-0.2, 0) is 0 Å². The molecular formula is C17H26ClN3O. The molecule has 3 rings (SSSR count). The van der Waals surface area contributed by atoms with Crippen LogP contribution in [0.2, 0.25) is 0 Å². The molecular weight excluding hydrogens is 298 g/mol. The Morgan fingerprint density at radius 3 is 2.64 bits per heavy atom. The first kappa shape index (κ1) is 17.3. The lowest BCUT2D eigenvalue weighted by molar-refractivity contribution is 0.0306. The monoisotopic (exact) mass is 323 g/mol. The van der Waals surface area contributed by atoms with Gasteiger partial charge in [-0.2, -0.15) is 0 Å². The van der Waals surface area contributed by atoms with E-state index >= 15 is 0 Å². The first-order valence-electron chi connectivity index (χ1n) is 7.74. The summed E-state index contributed by atoms with van der Waals surface area (Å²) in [5, 5.41) is 14.5. The Balaban J connectivity index is 0.00000176. The maximum Gasteiger partial charge on any atom is 0.0500 e. The molecule has 0 saturated carbocycles. The van der Waals surface area contributed by atoms with E-state index in [1.54, 1.807) is 0 Å². The van der Waals surface area contributed by atoms with E-state index in [1.807, 2.05) is 6.20 Å². The number of hydrogen-bond acceptors (Lipinski definition) is 3. The van der Waals surface area contributed by atoms with Gasteiger partial charge in [0.05, 0.1) is 0 Å². The van der Waals surface area contributed by atoms with Gasteiger partial charge in [0, 0.05) is 56.0 Å². The molecule has 0 bridgehead atoms. The molecule has 0 aliphatic carbocycles. The second-order valence-electron chi connectivity index (χ2n) is 6.66. The van der Waals surface area contributed by atoms with Crippen LogP contribution in [-0.4, -0.2) is 47.8 Å². The average molecular weight is 324 g/mol. The van der Waals surface area contributed by atoms with Gasteiger partial charge in [-0.15, -0.1) is 12.4 Å². The van der Waals surface area contributed by atoms with Crippen molar-refractivity contribution in [2.45, 2.75) is 19.9 Å². The largest absolute Gasteiger partial charge is 0.396 e. The maximum atomic E-state index is 9.88. The standard InChI is InChI=1S/C17H25N3O.ClH/c1-17(2,12-21)16(20-9-7-18-8-10-20)14-4-3-13-5-6-19-15(13)11-14;/h3-6,11,16,18-19,21H,7-10,12H2,1-2H3;1H/t16-;/m1./s1. The Bertz CT molecular complexity index is 605. The van der Waals surface area contributed by atoms with E-state index in [4.69, 9.17) is 0 Å². The van der Waals surface area contributed by atoms with Crippen molar-refractivity contribution in [1.29, 1.82) is 0 Å². The van der Waals surface area contributed by atoms with E-state index in [-0.39, 0.29) is 30.5 Å². The molecule has 3 N–H and O–H groups in total. The molecule has 122 valence electrons. The van der Waals surface area contributed by atoms with Gasteiger partial charge in [-0.1, -0.05) is 26.0 Å². The highest BCUT2D eigenvalue weighted by Gasteiger charge is 2.35. The maximum absolute atomic E-state index is 9.88. The fourth-order valence-electron chi connectivity index (χ4n) is 3.42. The van der Waals surface area contributed by atoms with Crippen LogP contribution in [0.1, 0.15) is 25.5 Å². The Morgan fingerprint density at radius 2 is 1.95 bits per heavy atom. The number of halogens is 1. The number of piperazine rings is 1. The number of fused-ring (bicyclic) bond motifs is 1. The Kier molecular flexibility index (Phi) is 5.50. The fraction of sp³-hybridized carbons (Fsp3) is 0.529. The van der Waals surface area contributed by atoms with Crippen LogP contribution >= 0.6 is 12.4 Å². The second kappa shape index (κ2) is 7.01. The van der Waals surface area contributed by atoms with E-state index in [2.05, 4.69) is 53.3 Å². The van der Waals surface area contributed by atoms with Crippen LogP contribution < -0.4 is 5.32 Å². The molecule has 1 aliphatic rings. The van der Waals surface area contributed by atoms with E-state index in [0.717, 1.165) is 26.2 Å². The fourth-order valence-corrected chi connectivity index (χ4v) is 3.42. The molecule has 0 radical (unpaired) electrons. The first-order valence-corrected chi connectivity index (χ1v) is 7.74. The molecule has 0 amide bonds. The predicted octanol–water partition coefficient (Wildman–Crippen LogP) is 2.55. The quantitative estimate of drug-likeness (QED) is 0.810. The summed E-state index contributed by atoms with van der Waals surface area (Å²) in [7, 11) is 0. The Hall–Kier alpha value is -1.07. The normalized spacial score (nSPS) is 18.1. The van der Waals surface area contributed by atoms with Crippen LogP contribution in [0.5, 0.6) is 0 Å². The van der Waals surface area contributed by atoms with Crippen molar-refractivity contribution >= 4 is 23.3 Å². The molecule has 1 saturated heterocycles. The number of aliphatic hydroxyl groups excluding tert-OH is 1. The molecule has 1 aromatic carbocycles. The summed E-state index contributed by atoms with van der Waals surface area (Å²) in [5.41, 5.74) is 2.28. The van der Waals surface area contributed by atoms with E-state index in [1.165, 1.54) is 16.5 Å². The third kappa shape index (κ3) is 3.30. The summed E-state index contributed by atoms with van der Waals surface area (Å²) < 4.78 is 0. The third-order valence-electron chi connectivity index (χ3n) is 4.56. The number of rotatable bonds is 4. The number of benzene rings is 1. The lowest BCUT2D eigenvalue weighted by Crippen LogP contribution is -2.49. The minimum atomic E-state index is -0.169. The highest BCUT2D eigenvalue weighted by Crippen LogP contribution is 2.39. The molecule has 4 nitrogen and oxygen atoms in total. The smallest absolute Gasteiger partial charge is 0.0500 e. The van der Waals surface area contributed by atoms with Gasteiger partial charge in [0.1, 0.15) is 0 Å². The van der Waals surface area contributed by atoms with Gasteiger partial charge in [-0.25, -0.2) is 0 Å². The summed E-state index contributed by atoms with van der Waals surface area (Å²) >= 11 is 0. The SMILES string of the molecule is CC(C)(CO)[C@@H](c1ccc2cc[nH]c2c1)N1CCNCC1.Cl. The van der Waals surface area contributed by atoms with Crippen molar-refractivity contribution in [3.63, 3.8) is 0 Å². The number of aromatic nitrogens is 1. The summed E-state index contributed by atoms with van der Waals surface area (Å²) in [5.74, 6) is 0. The summed E-state index contributed by atoms with van der Waals surface area (Å²) in [6, 6.07) is 8.94. The molecule has 1 atom stereocenters. The van der Waals surface area contributed by atoms with Crippen molar-refractivity contribution in [2.24, 2.45) is 5.41 Å². The van der Waals surface area contributed by atoms with Crippen molar-refractivity contribution in [3.05, 3.63) is 36.0 Å². The van der Waals surface area contributed by atoms with E-state index in [9.17, 15) is 5.11 Å². The van der Waals surface area contributed by atoms with Crippen LogP contribution in [0.25, 0.3) is 10.9 Å². The number of nitrogens with zero attached hydrogens (tertiary/aromatic N) is 1. The molecule has 1 aliphatic heterocycles. The number of H-pyrrole nitrogens is 1. The number of nitrogens with one attached hydrogen (secondary N) is 2. The molecule has 5 heteroatoms. The average Bonchev–Trinajstić information content (AvgIpc) is 2.96. The first-order chi connectivity index (χ1) is 10.1. The second-order valence-corrected chi connectivity index (χ2v) is 6.66. The molecule has 22 heavy (non-hydrogen) atoms. The van der Waals surface area contributed by atoms with Crippen molar-refractivity contribution in [1.82, 2.24) is 15.2 Å². The van der Waals surface area contributed by atoms with Crippen LogP contribution in [0.15, 0.2) is 30.5 Å². The summed E-state index contributed by atoms with van der Waals surface area (Å²) in [4.78, 5) is 5.79. The molecule has 2 heterocycles. The van der Waals surface area contributed by atoms with E-state index < -0.39 is 0 Å². The van der Waals surface area contributed by atoms with Crippen molar-refractivity contribution in [2.75, 3.05) is 32.8 Å². The lowest BCUT2D eigenvalue weighted by atomic mass is 9.79. The van der Waals surface area contributed by atoms with Gasteiger partial charge >= 0.3 is 0 Å². The minimum absolute atomic E-state index is 0. The van der Waals surface area contributed by atoms with Gasteiger partial charge in [0.25, 0.3) is 0 Å². The highest BCUT2D eigenvalue weighted by molar-refractivity contribution is 5.85. The topological polar surface area (TPSA) is 51.3 Å². The zero-order chi connectivity index (χ0) is 14.9. The van der Waals surface area contributed by atoms with Gasteiger partial charge in [-0.3, -0.25) is 4.90 Å². The Morgan fingerprint density at radius 1 is 1.23 bits per heavy atom. The van der Waals surface area contributed by atoms with Crippen LogP contribution in [0.4, 0.5) is 0 Å². The van der Waals surface area contributed by atoms with Gasteiger partial charge < -0.3 is 15.4 Å². The minimum Gasteiger partial charge on any atom is -0.396 e. The highest BCUT2D eigenvalue weighted by atomic mass is 35.5. The molecule has 2 aromatic rings. The zero-order valence-corrected chi connectivity index (χ0v) is 14.1. The molecule has 1 fully saturated rings. The number of aromatic amines is 1. The summed E-state index contributed by atoms with van der Waals surface area (Å²) in [6.45, 7) is 8.57. The van der Waals surface area contributed by atoms with Crippen molar-refractivity contribution in [3.8, 4) is 0 Å². The number of hydrogen-bond donors (Lipinski definition) is 3. The van der Waals surface area contributed by atoms with Crippen LogP contribution in [0.3, 0.4) is 0 Å². The zero-order valence-electron chi connectivity index (χ0n) is 13.3. The summed E-state index contributed by atoms with van der Waals surface area (Å²) in [6.07, 6.45) is 1.98. The molecule has 1 aromatic heterocycles. The van der Waals surface area contributed by atoms with E-state index in [0.29, 0.717) is 0 Å². The van der Waals surface area contributed by atoms with Gasteiger partial charge in [0.15, 0.2) is 0 Å². The number of aliphatic hydroxyl groups is 1. The molecule has 0 unspecified atom stereocenters. The van der Waals surface area contributed by atoms with Gasteiger partial charge in [-0.05, 0) is 23.1 Å². The van der Waals surface area contributed by atoms with Gasteiger partial charge in [0.2, 0.25) is 0 Å². The lowest BCUT2D eigenvalue weighted by Gasteiger charge is -2.43. The molecule has 0 spiro atoms. The third-order valence-corrected chi connectivity index (χ3v) is 4.56. The van der Waals surface area contributed by atoms with Crippen LogP contribution in [0, 0.1) is 5.41 Å². The predicted molar refractivity (Wildman–Crippen MR) is 93.6 cm³/mol.